The van der Waals surface area contributed by atoms with Crippen LogP contribution in [0.2, 0.25) is 0 Å². The molecular formula is C16H23N3OS. The van der Waals surface area contributed by atoms with Crippen molar-refractivity contribution in [3.05, 3.63) is 34.6 Å². The predicted octanol–water partition coefficient (Wildman–Crippen LogP) is 3.81. The second-order valence-corrected chi connectivity index (χ2v) is 6.10. The van der Waals surface area contributed by atoms with Crippen LogP contribution < -0.4 is 0 Å². The van der Waals surface area contributed by atoms with Crippen LogP contribution in [0.25, 0.3) is 5.13 Å². The van der Waals surface area contributed by atoms with Crippen molar-refractivity contribution in [1.82, 2.24) is 14.5 Å². The lowest BCUT2D eigenvalue weighted by molar-refractivity contribution is 0.0755. The Balaban J connectivity index is 2.36. The maximum atomic E-state index is 12.8. The lowest BCUT2D eigenvalue weighted by Gasteiger charge is -2.21. The van der Waals surface area contributed by atoms with E-state index in [-0.39, 0.29) is 5.91 Å². The standard InChI is InChI=1S/C16H23N3OS/c1-5-8-18(9-6-2)15(20)14-11-12(3)19(13(14)4)16-17-7-10-21-16/h7,10-11H,5-6,8-9H2,1-4H3. The Morgan fingerprint density at radius 2 is 1.95 bits per heavy atom. The molecule has 0 spiro atoms. The Labute approximate surface area is 130 Å². The summed E-state index contributed by atoms with van der Waals surface area (Å²) in [7, 11) is 0. The summed E-state index contributed by atoms with van der Waals surface area (Å²) >= 11 is 1.59. The number of aromatic nitrogens is 2. The Morgan fingerprint density at radius 3 is 2.48 bits per heavy atom. The van der Waals surface area contributed by atoms with E-state index in [4.69, 9.17) is 0 Å². The van der Waals surface area contributed by atoms with Gasteiger partial charge in [-0.1, -0.05) is 13.8 Å². The van der Waals surface area contributed by atoms with E-state index in [2.05, 4.69) is 23.4 Å². The number of hydrogen-bond acceptors (Lipinski definition) is 3. The summed E-state index contributed by atoms with van der Waals surface area (Å²) in [4.78, 5) is 19.1. The lowest BCUT2D eigenvalue weighted by atomic mass is 10.2. The first kappa shape index (κ1) is 15.8. The number of carbonyl (C=O) groups excluding carboxylic acids is 1. The number of rotatable bonds is 6. The minimum Gasteiger partial charge on any atom is -0.339 e. The van der Waals surface area contributed by atoms with E-state index in [1.54, 1.807) is 17.5 Å². The van der Waals surface area contributed by atoms with Crippen molar-refractivity contribution in [2.24, 2.45) is 0 Å². The van der Waals surface area contributed by atoms with E-state index in [1.165, 1.54) is 0 Å². The van der Waals surface area contributed by atoms with Crippen molar-refractivity contribution in [2.45, 2.75) is 40.5 Å². The van der Waals surface area contributed by atoms with Gasteiger partial charge in [0, 0.05) is 36.1 Å². The van der Waals surface area contributed by atoms with Gasteiger partial charge in [-0.15, -0.1) is 11.3 Å². The normalized spacial score (nSPS) is 10.9. The van der Waals surface area contributed by atoms with E-state index in [0.29, 0.717) is 0 Å². The summed E-state index contributed by atoms with van der Waals surface area (Å²) in [6.07, 6.45) is 3.76. The Hall–Kier alpha value is -1.62. The highest BCUT2D eigenvalue weighted by Crippen LogP contribution is 2.23. The highest BCUT2D eigenvalue weighted by Gasteiger charge is 2.21. The largest absolute Gasteiger partial charge is 0.339 e. The number of amides is 1. The molecule has 0 N–H and O–H groups in total. The summed E-state index contributed by atoms with van der Waals surface area (Å²) in [5.41, 5.74) is 2.83. The van der Waals surface area contributed by atoms with E-state index < -0.39 is 0 Å². The Bertz CT molecular complexity index is 595. The van der Waals surface area contributed by atoms with Crippen LogP contribution in [0.5, 0.6) is 0 Å². The van der Waals surface area contributed by atoms with Crippen LogP contribution in [0.4, 0.5) is 0 Å². The zero-order valence-corrected chi connectivity index (χ0v) is 14.0. The van der Waals surface area contributed by atoms with Gasteiger partial charge < -0.3 is 4.90 Å². The molecule has 0 fully saturated rings. The molecule has 0 aliphatic carbocycles. The molecule has 4 nitrogen and oxygen atoms in total. The van der Waals surface area contributed by atoms with E-state index >= 15 is 0 Å². The smallest absolute Gasteiger partial charge is 0.255 e. The quantitative estimate of drug-likeness (QED) is 0.814. The van der Waals surface area contributed by atoms with Gasteiger partial charge in [0.2, 0.25) is 0 Å². The van der Waals surface area contributed by atoms with Crippen molar-refractivity contribution >= 4 is 17.2 Å². The number of carbonyl (C=O) groups is 1. The fourth-order valence-corrected chi connectivity index (χ4v) is 3.38. The molecule has 0 aliphatic heterocycles. The fourth-order valence-electron chi connectivity index (χ4n) is 2.63. The van der Waals surface area contributed by atoms with Crippen LogP contribution in [0.1, 0.15) is 48.4 Å². The second kappa shape index (κ2) is 6.89. The minimum absolute atomic E-state index is 0.134. The molecule has 2 aromatic heterocycles. The number of hydrogen-bond donors (Lipinski definition) is 0. The van der Waals surface area contributed by atoms with Crippen LogP contribution in [0.3, 0.4) is 0 Å². The third-order valence-electron chi connectivity index (χ3n) is 3.55. The summed E-state index contributed by atoms with van der Waals surface area (Å²) in [5.74, 6) is 0.134. The number of aryl methyl sites for hydroxylation is 1. The van der Waals surface area contributed by atoms with E-state index in [1.807, 2.05) is 30.2 Å². The van der Waals surface area contributed by atoms with Crippen molar-refractivity contribution in [3.8, 4) is 5.13 Å². The van der Waals surface area contributed by atoms with Gasteiger partial charge in [0.1, 0.15) is 0 Å². The first-order valence-corrected chi connectivity index (χ1v) is 8.36. The molecule has 5 heteroatoms. The van der Waals surface area contributed by atoms with E-state index in [0.717, 1.165) is 48.0 Å². The molecule has 0 aliphatic rings. The van der Waals surface area contributed by atoms with Crippen molar-refractivity contribution in [1.29, 1.82) is 0 Å². The van der Waals surface area contributed by atoms with Crippen LogP contribution in [-0.4, -0.2) is 33.4 Å². The topological polar surface area (TPSA) is 38.1 Å². The van der Waals surface area contributed by atoms with Gasteiger partial charge in [0.25, 0.3) is 5.91 Å². The summed E-state index contributed by atoms with van der Waals surface area (Å²) < 4.78 is 2.06. The molecule has 0 saturated heterocycles. The van der Waals surface area contributed by atoms with Crippen LogP contribution in [-0.2, 0) is 0 Å². The molecule has 2 rings (SSSR count). The second-order valence-electron chi connectivity index (χ2n) is 5.23. The van der Waals surface area contributed by atoms with Gasteiger partial charge in [-0.25, -0.2) is 4.98 Å². The van der Waals surface area contributed by atoms with Gasteiger partial charge in [-0.3, -0.25) is 9.36 Å². The SMILES string of the molecule is CCCN(CCC)C(=O)c1cc(C)n(-c2nccs2)c1C. The number of nitrogens with zero attached hydrogens (tertiary/aromatic N) is 3. The Morgan fingerprint density at radius 1 is 1.29 bits per heavy atom. The highest BCUT2D eigenvalue weighted by atomic mass is 32.1. The zero-order valence-electron chi connectivity index (χ0n) is 13.2. The lowest BCUT2D eigenvalue weighted by Crippen LogP contribution is -2.32. The van der Waals surface area contributed by atoms with E-state index in [9.17, 15) is 4.79 Å². The minimum atomic E-state index is 0.134. The summed E-state index contributed by atoms with van der Waals surface area (Å²) in [5, 5.41) is 2.87. The van der Waals surface area contributed by atoms with Gasteiger partial charge in [-0.05, 0) is 32.8 Å². The average Bonchev–Trinajstić information content (AvgIpc) is 3.06. The maximum absolute atomic E-state index is 12.8. The maximum Gasteiger partial charge on any atom is 0.255 e. The van der Waals surface area contributed by atoms with Crippen LogP contribution in [0.15, 0.2) is 17.6 Å². The van der Waals surface area contributed by atoms with Crippen molar-refractivity contribution in [2.75, 3.05) is 13.1 Å². The Kier molecular flexibility index (Phi) is 5.17. The molecule has 1 amide bonds. The molecule has 0 bridgehead atoms. The molecule has 0 atom stereocenters. The predicted molar refractivity (Wildman–Crippen MR) is 87.4 cm³/mol. The monoisotopic (exact) mass is 305 g/mol. The highest BCUT2D eigenvalue weighted by molar-refractivity contribution is 7.12. The molecule has 2 aromatic rings. The molecule has 0 unspecified atom stereocenters. The molecule has 0 saturated carbocycles. The van der Waals surface area contributed by atoms with Crippen LogP contribution >= 0.6 is 11.3 Å². The molecule has 2 heterocycles. The van der Waals surface area contributed by atoms with Crippen molar-refractivity contribution in [3.63, 3.8) is 0 Å². The van der Waals surface area contributed by atoms with Gasteiger partial charge in [-0.2, -0.15) is 0 Å². The molecule has 21 heavy (non-hydrogen) atoms. The van der Waals surface area contributed by atoms with Crippen molar-refractivity contribution < 1.29 is 4.79 Å². The summed E-state index contributed by atoms with van der Waals surface area (Å²) in [6, 6.07) is 1.98. The molecule has 114 valence electrons. The fraction of sp³-hybridized carbons (Fsp3) is 0.500. The average molecular weight is 305 g/mol. The van der Waals surface area contributed by atoms with Gasteiger partial charge in [0.05, 0.1) is 5.56 Å². The first-order chi connectivity index (χ1) is 10.1. The first-order valence-electron chi connectivity index (χ1n) is 7.48. The molecule has 0 radical (unpaired) electrons. The van der Waals surface area contributed by atoms with Gasteiger partial charge in [0.15, 0.2) is 5.13 Å². The van der Waals surface area contributed by atoms with Gasteiger partial charge >= 0.3 is 0 Å². The zero-order chi connectivity index (χ0) is 15.4. The number of thiazole rings is 1. The molecule has 0 aromatic carbocycles. The third kappa shape index (κ3) is 3.18. The third-order valence-corrected chi connectivity index (χ3v) is 4.30. The molecular weight excluding hydrogens is 282 g/mol. The summed E-state index contributed by atoms with van der Waals surface area (Å²) in [6.45, 7) is 9.86. The van der Waals surface area contributed by atoms with Crippen LogP contribution in [0, 0.1) is 13.8 Å².